The highest BCUT2D eigenvalue weighted by Gasteiger charge is 2.35. The van der Waals surface area contributed by atoms with Gasteiger partial charge in [-0.3, -0.25) is 4.79 Å². The number of phenols is 3. The maximum atomic E-state index is 13.8. The number of hydrogen-bond acceptors (Lipinski definition) is 8. The van der Waals surface area contributed by atoms with Gasteiger partial charge in [0.2, 0.25) is 25.8 Å². The molecule has 11 nitrogen and oxygen atoms in total. The van der Waals surface area contributed by atoms with E-state index in [1.807, 2.05) is 48.5 Å². The van der Waals surface area contributed by atoms with Gasteiger partial charge in [-0.2, -0.15) is 4.31 Å². The number of nitrogens with zero attached hydrogens (tertiary/aromatic N) is 3. The Morgan fingerprint density at radius 1 is 0.745 bits per heavy atom. The SMILES string of the molecule is CN(CCc1ccccc1)S(=O)(=O)c1ccc2c(c1)CN(C(=O)c1cc(S(=O)(=O)N3CCc4ccccc4C3)c(O)c(O)c1O)CC2. The molecule has 47 heavy (non-hydrogen) atoms. The van der Waals surface area contributed by atoms with E-state index < -0.39 is 53.7 Å². The number of rotatable bonds is 8. The van der Waals surface area contributed by atoms with Crippen molar-refractivity contribution in [3.63, 3.8) is 0 Å². The van der Waals surface area contributed by atoms with E-state index >= 15 is 0 Å². The highest BCUT2D eigenvalue weighted by atomic mass is 32.2. The number of fused-ring (bicyclic) bond motifs is 2. The Morgan fingerprint density at radius 3 is 2.15 bits per heavy atom. The van der Waals surface area contributed by atoms with Crippen molar-refractivity contribution in [3.8, 4) is 17.2 Å². The third-order valence-corrected chi connectivity index (χ3v) is 12.6. The van der Waals surface area contributed by atoms with Crippen LogP contribution < -0.4 is 0 Å². The summed E-state index contributed by atoms with van der Waals surface area (Å²) in [6.07, 6.45) is 1.36. The lowest BCUT2D eigenvalue weighted by Crippen LogP contribution is -2.37. The van der Waals surface area contributed by atoms with E-state index in [4.69, 9.17) is 0 Å². The zero-order valence-electron chi connectivity index (χ0n) is 25.7. The number of amides is 1. The normalized spacial score (nSPS) is 15.3. The molecule has 1 amide bonds. The van der Waals surface area contributed by atoms with E-state index in [-0.39, 0.29) is 37.6 Å². The Labute approximate surface area is 274 Å². The zero-order valence-corrected chi connectivity index (χ0v) is 27.3. The second-order valence-electron chi connectivity index (χ2n) is 11.8. The second-order valence-corrected chi connectivity index (χ2v) is 15.7. The first kappa shape index (κ1) is 32.5. The van der Waals surface area contributed by atoms with Gasteiger partial charge in [-0.25, -0.2) is 21.1 Å². The third kappa shape index (κ3) is 6.19. The van der Waals surface area contributed by atoms with E-state index in [1.54, 1.807) is 18.2 Å². The molecular weight excluding hydrogens is 643 g/mol. The fourth-order valence-electron chi connectivity index (χ4n) is 6.07. The maximum absolute atomic E-state index is 13.8. The quantitative estimate of drug-likeness (QED) is 0.239. The van der Waals surface area contributed by atoms with Crippen molar-refractivity contribution in [2.45, 2.75) is 42.1 Å². The summed E-state index contributed by atoms with van der Waals surface area (Å²) in [5.41, 5.74) is 3.76. The van der Waals surface area contributed by atoms with Crippen molar-refractivity contribution in [2.75, 3.05) is 26.7 Å². The molecule has 0 fully saturated rings. The maximum Gasteiger partial charge on any atom is 0.258 e. The Balaban J connectivity index is 1.24. The van der Waals surface area contributed by atoms with Crippen molar-refractivity contribution in [2.24, 2.45) is 0 Å². The average molecular weight is 678 g/mol. The number of phenolic OH excluding ortho intramolecular Hbond substituents is 3. The minimum Gasteiger partial charge on any atom is -0.504 e. The van der Waals surface area contributed by atoms with E-state index in [9.17, 15) is 36.9 Å². The van der Waals surface area contributed by atoms with Gasteiger partial charge < -0.3 is 20.2 Å². The molecule has 2 heterocycles. The largest absolute Gasteiger partial charge is 0.504 e. The van der Waals surface area contributed by atoms with Crippen LogP contribution in [-0.4, -0.2) is 78.3 Å². The van der Waals surface area contributed by atoms with E-state index in [1.165, 1.54) is 22.3 Å². The first-order valence-corrected chi connectivity index (χ1v) is 18.0. The number of hydrogen-bond donors (Lipinski definition) is 3. The van der Waals surface area contributed by atoms with Crippen LogP contribution in [0.4, 0.5) is 0 Å². The zero-order chi connectivity index (χ0) is 33.5. The van der Waals surface area contributed by atoms with Gasteiger partial charge in [-0.1, -0.05) is 60.7 Å². The van der Waals surface area contributed by atoms with Gasteiger partial charge in [-0.05, 0) is 65.3 Å². The number of carbonyl (C=O) groups excluding carboxylic acids is 1. The summed E-state index contributed by atoms with van der Waals surface area (Å²) in [6, 6.07) is 22.6. The predicted molar refractivity (Wildman–Crippen MR) is 174 cm³/mol. The molecular formula is C34H35N3O8S2. The molecule has 0 aromatic heterocycles. The molecule has 2 aliphatic heterocycles. The number of sulfonamides is 2. The number of carbonyl (C=O) groups is 1. The van der Waals surface area contributed by atoms with Gasteiger partial charge in [0.05, 0.1) is 10.5 Å². The van der Waals surface area contributed by atoms with Gasteiger partial charge in [0.1, 0.15) is 4.90 Å². The summed E-state index contributed by atoms with van der Waals surface area (Å²) in [4.78, 5) is 14.5. The van der Waals surface area contributed by atoms with Crippen LogP contribution in [0.15, 0.2) is 88.7 Å². The highest BCUT2D eigenvalue weighted by molar-refractivity contribution is 7.89. The van der Waals surface area contributed by atoms with E-state index in [0.717, 1.165) is 32.6 Å². The van der Waals surface area contributed by atoms with Gasteiger partial charge in [0.15, 0.2) is 11.5 Å². The predicted octanol–water partition coefficient (Wildman–Crippen LogP) is 3.61. The van der Waals surface area contributed by atoms with Gasteiger partial charge in [0, 0.05) is 39.8 Å². The summed E-state index contributed by atoms with van der Waals surface area (Å²) < 4.78 is 56.7. The standard InChI is InChI=1S/C34H35N3O8S2/c1-35(16-13-23-7-3-2-4-8-23)46(42,43)28-12-11-25-14-17-36(21-27(25)19-28)34(41)29-20-30(32(39)33(40)31(29)38)47(44,45)37-18-15-24-9-5-6-10-26(24)22-37/h2-12,19-20,38-40H,13-18,21-22H2,1H3. The van der Waals surface area contributed by atoms with Gasteiger partial charge in [0.25, 0.3) is 5.91 Å². The fourth-order valence-corrected chi connectivity index (χ4v) is 8.82. The number of likely N-dealkylation sites (N-methyl/N-ethyl adjacent to an activating group) is 1. The lowest BCUT2D eigenvalue weighted by Gasteiger charge is -2.30. The topological polar surface area (TPSA) is 156 Å². The molecule has 0 spiro atoms. The Kier molecular flexibility index (Phi) is 8.74. The minimum atomic E-state index is -4.39. The summed E-state index contributed by atoms with van der Waals surface area (Å²) in [6.45, 7) is 0.614. The first-order chi connectivity index (χ1) is 22.4. The Morgan fingerprint density at radius 2 is 1.40 bits per heavy atom. The number of aromatic hydroxyl groups is 3. The van der Waals surface area contributed by atoms with E-state index in [2.05, 4.69) is 0 Å². The van der Waals surface area contributed by atoms with Crippen LogP contribution in [0.3, 0.4) is 0 Å². The molecule has 0 radical (unpaired) electrons. The first-order valence-electron chi connectivity index (χ1n) is 15.1. The number of benzene rings is 4. The molecule has 4 aromatic carbocycles. The molecule has 3 N–H and O–H groups in total. The molecule has 0 saturated carbocycles. The van der Waals surface area contributed by atoms with Crippen LogP contribution in [-0.2, 0) is 52.4 Å². The van der Waals surface area contributed by atoms with Crippen LogP contribution in [0.25, 0.3) is 0 Å². The summed E-state index contributed by atoms with van der Waals surface area (Å²) in [5.74, 6) is -3.89. The summed E-state index contributed by atoms with van der Waals surface area (Å²) >= 11 is 0. The fraction of sp³-hybridized carbons (Fsp3) is 0.265. The lowest BCUT2D eigenvalue weighted by molar-refractivity contribution is 0.0730. The average Bonchev–Trinajstić information content (AvgIpc) is 3.08. The molecule has 6 rings (SSSR count). The molecule has 4 aromatic rings. The van der Waals surface area contributed by atoms with Crippen molar-refractivity contribution in [1.82, 2.24) is 13.5 Å². The molecule has 0 saturated heterocycles. The highest BCUT2D eigenvalue weighted by Crippen LogP contribution is 2.44. The van der Waals surface area contributed by atoms with Crippen LogP contribution in [0.5, 0.6) is 17.2 Å². The molecule has 13 heteroatoms. The molecule has 0 unspecified atom stereocenters. The van der Waals surface area contributed by atoms with Crippen LogP contribution >= 0.6 is 0 Å². The van der Waals surface area contributed by atoms with Crippen molar-refractivity contribution in [3.05, 3.63) is 112 Å². The van der Waals surface area contributed by atoms with Crippen molar-refractivity contribution in [1.29, 1.82) is 0 Å². The van der Waals surface area contributed by atoms with Crippen LogP contribution in [0, 0.1) is 0 Å². The second kappa shape index (κ2) is 12.6. The third-order valence-electron chi connectivity index (χ3n) is 8.90. The molecule has 0 atom stereocenters. The molecule has 0 aliphatic carbocycles. The monoisotopic (exact) mass is 677 g/mol. The minimum absolute atomic E-state index is 0.0165. The smallest absolute Gasteiger partial charge is 0.258 e. The summed E-state index contributed by atoms with van der Waals surface area (Å²) in [5, 5.41) is 31.9. The summed E-state index contributed by atoms with van der Waals surface area (Å²) in [7, 11) is -6.72. The molecule has 0 bridgehead atoms. The Bertz CT molecular complexity index is 2070. The van der Waals surface area contributed by atoms with Crippen molar-refractivity contribution < 1.29 is 36.9 Å². The molecule has 246 valence electrons. The Hall–Kier alpha value is -4.43. The lowest BCUT2D eigenvalue weighted by atomic mass is 9.99. The molecule has 2 aliphatic rings. The van der Waals surface area contributed by atoms with Crippen LogP contribution in [0.2, 0.25) is 0 Å². The van der Waals surface area contributed by atoms with Gasteiger partial charge in [-0.15, -0.1) is 0 Å². The van der Waals surface area contributed by atoms with Crippen molar-refractivity contribution >= 4 is 26.0 Å². The van der Waals surface area contributed by atoms with E-state index in [0.29, 0.717) is 24.8 Å². The van der Waals surface area contributed by atoms with Crippen LogP contribution in [0.1, 0.15) is 38.2 Å². The van der Waals surface area contributed by atoms with Gasteiger partial charge >= 0.3 is 0 Å².